The van der Waals surface area contributed by atoms with Crippen molar-refractivity contribution in [2.75, 3.05) is 12.3 Å². The minimum absolute atomic E-state index is 0.956. The number of thioether (sulfide) groups is 1. The van der Waals surface area contributed by atoms with Crippen molar-refractivity contribution in [3.63, 3.8) is 0 Å². The van der Waals surface area contributed by atoms with E-state index in [1.165, 1.54) is 29.1 Å². The molecule has 0 amide bonds. The van der Waals surface area contributed by atoms with Gasteiger partial charge in [0.1, 0.15) is 0 Å². The van der Waals surface area contributed by atoms with Gasteiger partial charge >= 0.3 is 0 Å². The van der Waals surface area contributed by atoms with Crippen LogP contribution in [0.3, 0.4) is 0 Å². The van der Waals surface area contributed by atoms with Crippen LogP contribution in [-0.2, 0) is 0 Å². The van der Waals surface area contributed by atoms with Crippen LogP contribution in [0, 0.1) is 0 Å². The highest BCUT2D eigenvalue weighted by Gasteiger charge is 2.08. The van der Waals surface area contributed by atoms with Gasteiger partial charge in [-0.1, -0.05) is 12.2 Å². The Morgan fingerprint density at radius 2 is 2.33 bits per heavy atom. The quantitative estimate of drug-likeness (QED) is 0.613. The first-order valence-corrected chi connectivity index (χ1v) is 5.38. The number of hydrogen-bond donors (Lipinski definition) is 1. The third-order valence-electron chi connectivity index (χ3n) is 2.07. The molecule has 1 N–H and O–H groups in total. The van der Waals surface area contributed by atoms with E-state index in [1.807, 2.05) is 11.8 Å². The summed E-state index contributed by atoms with van der Waals surface area (Å²) in [6, 6.07) is 0. The fourth-order valence-electron chi connectivity index (χ4n) is 1.45. The summed E-state index contributed by atoms with van der Waals surface area (Å²) in [5.41, 5.74) is 1.52. The maximum atomic E-state index is 3.21. The lowest BCUT2D eigenvalue weighted by Crippen LogP contribution is -2.06. The van der Waals surface area contributed by atoms with Crippen molar-refractivity contribution in [2.45, 2.75) is 12.8 Å². The first-order valence-electron chi connectivity index (χ1n) is 4.39. The molecule has 0 saturated carbocycles. The minimum Gasteiger partial charge on any atom is -0.387 e. The summed E-state index contributed by atoms with van der Waals surface area (Å²) in [6.07, 6.45) is 11.3. The van der Waals surface area contributed by atoms with Gasteiger partial charge in [-0.25, -0.2) is 0 Å². The zero-order chi connectivity index (χ0) is 8.23. The molecule has 0 fully saturated rings. The molecule has 0 unspecified atom stereocenters. The lowest BCUT2D eigenvalue weighted by Gasteiger charge is -2.16. The van der Waals surface area contributed by atoms with Gasteiger partial charge < -0.3 is 5.32 Å². The van der Waals surface area contributed by atoms with Gasteiger partial charge in [-0.15, -0.1) is 11.8 Å². The Bertz CT molecular complexity index is 225. The highest BCUT2D eigenvalue weighted by atomic mass is 32.2. The molecule has 0 saturated heterocycles. The van der Waals surface area contributed by atoms with Crippen molar-refractivity contribution in [3.8, 4) is 0 Å². The van der Waals surface area contributed by atoms with E-state index in [2.05, 4.69) is 29.7 Å². The molecule has 2 aliphatic rings. The largest absolute Gasteiger partial charge is 0.387 e. The Kier molecular flexibility index (Phi) is 2.57. The van der Waals surface area contributed by atoms with E-state index in [9.17, 15) is 0 Å². The van der Waals surface area contributed by atoms with E-state index in [0.29, 0.717) is 0 Å². The van der Waals surface area contributed by atoms with Gasteiger partial charge in [-0.2, -0.15) is 0 Å². The van der Waals surface area contributed by atoms with E-state index in [4.69, 9.17) is 0 Å². The molecule has 0 aromatic carbocycles. The lowest BCUT2D eigenvalue weighted by molar-refractivity contribution is 0.913. The molecule has 2 heterocycles. The molecule has 1 nitrogen and oxygen atoms in total. The lowest BCUT2D eigenvalue weighted by atomic mass is 10.1. The molecule has 0 atom stereocenters. The van der Waals surface area contributed by atoms with Crippen LogP contribution in [0.4, 0.5) is 0 Å². The Balaban J connectivity index is 2.27. The summed E-state index contributed by atoms with van der Waals surface area (Å²) in [5.74, 6) is 1.27. The molecule has 64 valence electrons. The standard InChI is InChI=1S/C10H13NS/c1-3-9-4-2-8-12-10(9)5-7-11-6-1/h1,3,5,7,11H,2,4,6,8H2/b3-1+,7-5-. The molecule has 0 bridgehead atoms. The number of allylic oxidation sites excluding steroid dienone is 3. The molecule has 0 aliphatic carbocycles. The maximum Gasteiger partial charge on any atom is 0.0328 e. The molecule has 0 aromatic heterocycles. The summed E-state index contributed by atoms with van der Waals surface area (Å²) in [6.45, 7) is 0.956. The zero-order valence-corrected chi connectivity index (χ0v) is 7.86. The van der Waals surface area contributed by atoms with Gasteiger partial charge in [-0.05, 0) is 36.4 Å². The van der Waals surface area contributed by atoms with Crippen molar-refractivity contribution in [1.29, 1.82) is 0 Å². The van der Waals surface area contributed by atoms with Crippen LogP contribution in [0.25, 0.3) is 0 Å². The van der Waals surface area contributed by atoms with Crippen LogP contribution < -0.4 is 5.32 Å². The van der Waals surface area contributed by atoms with Gasteiger partial charge in [0.2, 0.25) is 0 Å². The van der Waals surface area contributed by atoms with Crippen LogP contribution in [0.1, 0.15) is 12.8 Å². The molecule has 2 rings (SSSR count). The molecule has 0 spiro atoms. The van der Waals surface area contributed by atoms with Crippen LogP contribution in [0.5, 0.6) is 0 Å². The highest BCUT2D eigenvalue weighted by Crippen LogP contribution is 2.31. The number of hydrogen-bond acceptors (Lipinski definition) is 2. The summed E-state index contributed by atoms with van der Waals surface area (Å²) >= 11 is 1.97. The topological polar surface area (TPSA) is 12.0 Å². The van der Waals surface area contributed by atoms with Gasteiger partial charge in [0, 0.05) is 11.4 Å². The first kappa shape index (κ1) is 7.99. The second-order valence-electron chi connectivity index (χ2n) is 2.99. The fourth-order valence-corrected chi connectivity index (χ4v) is 2.48. The summed E-state index contributed by atoms with van der Waals surface area (Å²) in [7, 11) is 0. The average molecular weight is 179 g/mol. The van der Waals surface area contributed by atoms with Crippen LogP contribution >= 0.6 is 11.8 Å². The smallest absolute Gasteiger partial charge is 0.0328 e. The van der Waals surface area contributed by atoms with Crippen LogP contribution in [0.15, 0.2) is 34.9 Å². The second-order valence-corrected chi connectivity index (χ2v) is 4.12. The first-order chi connectivity index (χ1) is 5.97. The molecule has 12 heavy (non-hydrogen) atoms. The Hall–Kier alpha value is -0.630. The normalized spacial score (nSPS) is 28.0. The number of nitrogens with one attached hydrogen (secondary N) is 1. The number of rotatable bonds is 0. The van der Waals surface area contributed by atoms with Crippen molar-refractivity contribution in [2.24, 2.45) is 0 Å². The van der Waals surface area contributed by atoms with Crippen LogP contribution in [-0.4, -0.2) is 12.3 Å². The van der Waals surface area contributed by atoms with E-state index in [0.717, 1.165) is 6.54 Å². The van der Waals surface area contributed by atoms with E-state index in [-0.39, 0.29) is 0 Å². The molecular weight excluding hydrogens is 166 g/mol. The van der Waals surface area contributed by atoms with Gasteiger partial charge in [-0.3, -0.25) is 0 Å². The summed E-state index contributed by atoms with van der Waals surface area (Å²) in [4.78, 5) is 1.45. The molecular formula is C10H13NS. The predicted molar refractivity (Wildman–Crippen MR) is 55.0 cm³/mol. The van der Waals surface area contributed by atoms with Crippen molar-refractivity contribution in [1.82, 2.24) is 5.32 Å². The van der Waals surface area contributed by atoms with Crippen molar-refractivity contribution < 1.29 is 0 Å². The van der Waals surface area contributed by atoms with E-state index in [1.54, 1.807) is 0 Å². The van der Waals surface area contributed by atoms with Gasteiger partial charge in [0.05, 0.1) is 0 Å². The zero-order valence-electron chi connectivity index (χ0n) is 7.05. The predicted octanol–water partition coefficient (Wildman–Crippen LogP) is 2.44. The molecule has 2 aliphatic heterocycles. The Morgan fingerprint density at radius 3 is 3.33 bits per heavy atom. The third-order valence-corrected chi connectivity index (χ3v) is 3.27. The summed E-state index contributed by atoms with van der Waals surface area (Å²) < 4.78 is 0. The fraction of sp³-hybridized carbons (Fsp3) is 0.400. The third kappa shape index (κ3) is 1.75. The van der Waals surface area contributed by atoms with Gasteiger partial charge in [0.15, 0.2) is 0 Å². The molecule has 0 aromatic rings. The van der Waals surface area contributed by atoms with Gasteiger partial charge in [0.25, 0.3) is 0 Å². The Morgan fingerprint density at radius 1 is 1.33 bits per heavy atom. The molecule has 2 heteroatoms. The SMILES string of the molecule is C1=C\C2=C(/C=C/CN/1)CCCS2. The monoisotopic (exact) mass is 179 g/mol. The minimum atomic E-state index is 0.956. The molecule has 0 radical (unpaired) electrons. The Labute approximate surface area is 77.6 Å². The van der Waals surface area contributed by atoms with E-state index >= 15 is 0 Å². The van der Waals surface area contributed by atoms with Crippen molar-refractivity contribution in [3.05, 3.63) is 34.9 Å². The van der Waals surface area contributed by atoms with Crippen molar-refractivity contribution >= 4 is 11.8 Å². The maximum absolute atomic E-state index is 3.21. The van der Waals surface area contributed by atoms with Crippen LogP contribution in [0.2, 0.25) is 0 Å². The highest BCUT2D eigenvalue weighted by molar-refractivity contribution is 8.03. The second kappa shape index (κ2) is 3.85. The average Bonchev–Trinajstić information content (AvgIpc) is 2.06. The van der Waals surface area contributed by atoms with E-state index < -0.39 is 0 Å². The summed E-state index contributed by atoms with van der Waals surface area (Å²) in [5, 5.41) is 3.21.